The molecule has 0 aromatic heterocycles. The summed E-state index contributed by atoms with van der Waals surface area (Å²) in [6, 6.07) is -0.271. The zero-order valence-corrected chi connectivity index (χ0v) is 11.6. The van der Waals surface area contributed by atoms with E-state index in [-0.39, 0.29) is 12.5 Å². The number of carbonyl (C=O) groups is 2. The van der Waals surface area contributed by atoms with Crippen molar-refractivity contribution in [1.29, 1.82) is 0 Å². The van der Waals surface area contributed by atoms with E-state index in [1.165, 1.54) is 25.7 Å². The molecule has 0 aromatic rings. The van der Waals surface area contributed by atoms with Crippen LogP contribution in [0, 0.1) is 5.92 Å². The Labute approximate surface area is 114 Å². The molecule has 2 aliphatic rings. The van der Waals surface area contributed by atoms with Gasteiger partial charge in [0.2, 0.25) is 5.91 Å². The van der Waals surface area contributed by atoms with Crippen molar-refractivity contribution in [2.24, 2.45) is 5.92 Å². The first-order valence-corrected chi connectivity index (χ1v) is 7.35. The zero-order chi connectivity index (χ0) is 13.8. The van der Waals surface area contributed by atoms with Crippen LogP contribution in [-0.2, 0) is 9.59 Å². The van der Waals surface area contributed by atoms with Crippen molar-refractivity contribution >= 4 is 11.9 Å². The van der Waals surface area contributed by atoms with E-state index < -0.39 is 12.0 Å². The fourth-order valence-corrected chi connectivity index (χ4v) is 3.36. The van der Waals surface area contributed by atoms with Gasteiger partial charge in [-0.25, -0.2) is 0 Å². The van der Waals surface area contributed by atoms with Gasteiger partial charge in [0.05, 0.1) is 6.54 Å². The fraction of sp³-hybridized carbons (Fsp3) is 0.857. The van der Waals surface area contributed by atoms with Crippen molar-refractivity contribution in [1.82, 2.24) is 10.2 Å². The van der Waals surface area contributed by atoms with Crippen LogP contribution in [0.25, 0.3) is 0 Å². The minimum atomic E-state index is -0.915. The van der Waals surface area contributed by atoms with E-state index in [2.05, 4.69) is 5.32 Å². The molecule has 5 heteroatoms. The summed E-state index contributed by atoms with van der Waals surface area (Å²) in [5.74, 6) is -0.185. The first-order valence-electron chi connectivity index (χ1n) is 7.35. The Morgan fingerprint density at radius 1 is 1.26 bits per heavy atom. The van der Waals surface area contributed by atoms with E-state index >= 15 is 0 Å². The third-order valence-electron chi connectivity index (χ3n) is 4.49. The summed E-state index contributed by atoms with van der Waals surface area (Å²) in [6.45, 7) is 2.54. The molecule has 1 aliphatic carbocycles. The van der Waals surface area contributed by atoms with E-state index in [1.54, 1.807) is 6.92 Å². The van der Waals surface area contributed by atoms with E-state index in [0.717, 1.165) is 19.4 Å². The number of fused-ring (bicyclic) bond motifs is 1. The van der Waals surface area contributed by atoms with Gasteiger partial charge >= 0.3 is 5.97 Å². The van der Waals surface area contributed by atoms with Crippen molar-refractivity contribution in [2.75, 3.05) is 13.1 Å². The molecular formula is C14H24N2O3. The molecule has 3 unspecified atom stereocenters. The molecule has 2 rings (SSSR count). The Bertz CT molecular complexity index is 344. The SMILES string of the molecule is CC(NCC(=O)N1CCCC2CCCCC21)C(=O)O. The van der Waals surface area contributed by atoms with Gasteiger partial charge in [-0.2, -0.15) is 0 Å². The van der Waals surface area contributed by atoms with Crippen molar-refractivity contribution in [2.45, 2.75) is 57.5 Å². The molecule has 19 heavy (non-hydrogen) atoms. The quantitative estimate of drug-likeness (QED) is 0.804. The minimum absolute atomic E-state index is 0.0599. The molecule has 1 saturated carbocycles. The Kier molecular flexibility index (Phi) is 4.80. The number of hydrogen-bond donors (Lipinski definition) is 2. The molecule has 0 aromatic carbocycles. The number of carboxylic acid groups (broad SMARTS) is 1. The van der Waals surface area contributed by atoms with E-state index in [9.17, 15) is 9.59 Å². The van der Waals surface area contributed by atoms with Gasteiger partial charge < -0.3 is 10.0 Å². The van der Waals surface area contributed by atoms with Crippen LogP contribution in [0.15, 0.2) is 0 Å². The number of aliphatic carboxylic acids is 1. The maximum atomic E-state index is 12.3. The van der Waals surface area contributed by atoms with Gasteiger partial charge in [0.1, 0.15) is 6.04 Å². The van der Waals surface area contributed by atoms with Crippen LogP contribution in [-0.4, -0.2) is 47.1 Å². The second kappa shape index (κ2) is 6.37. The third-order valence-corrected chi connectivity index (χ3v) is 4.49. The number of carbonyl (C=O) groups excluding carboxylic acids is 1. The molecule has 108 valence electrons. The highest BCUT2D eigenvalue weighted by Crippen LogP contribution is 2.35. The smallest absolute Gasteiger partial charge is 0.320 e. The molecule has 2 fully saturated rings. The summed E-state index contributed by atoms with van der Waals surface area (Å²) >= 11 is 0. The van der Waals surface area contributed by atoms with Gasteiger partial charge in [0, 0.05) is 12.6 Å². The van der Waals surface area contributed by atoms with Crippen molar-refractivity contribution < 1.29 is 14.7 Å². The van der Waals surface area contributed by atoms with E-state index in [0.29, 0.717) is 12.0 Å². The molecular weight excluding hydrogens is 244 g/mol. The van der Waals surface area contributed by atoms with E-state index in [4.69, 9.17) is 5.11 Å². The van der Waals surface area contributed by atoms with Gasteiger partial charge in [-0.15, -0.1) is 0 Å². The lowest BCUT2D eigenvalue weighted by Gasteiger charge is -2.44. The predicted octanol–water partition coefficient (Wildman–Crippen LogP) is 1.23. The molecule has 3 atom stereocenters. The number of nitrogens with zero attached hydrogens (tertiary/aromatic N) is 1. The molecule has 0 spiro atoms. The minimum Gasteiger partial charge on any atom is -0.480 e. The largest absolute Gasteiger partial charge is 0.480 e. The molecule has 1 aliphatic heterocycles. The van der Waals surface area contributed by atoms with Gasteiger partial charge in [-0.3, -0.25) is 14.9 Å². The normalized spacial score (nSPS) is 28.6. The van der Waals surface area contributed by atoms with Gasteiger partial charge in [0.25, 0.3) is 0 Å². The van der Waals surface area contributed by atoms with Gasteiger partial charge in [0.15, 0.2) is 0 Å². The van der Waals surface area contributed by atoms with Crippen LogP contribution in [0.3, 0.4) is 0 Å². The third kappa shape index (κ3) is 3.47. The monoisotopic (exact) mass is 268 g/mol. The Hall–Kier alpha value is -1.10. The predicted molar refractivity (Wildman–Crippen MR) is 71.8 cm³/mol. The lowest BCUT2D eigenvalue weighted by Crippen LogP contribution is -2.53. The topological polar surface area (TPSA) is 69.6 Å². The molecule has 1 heterocycles. The zero-order valence-electron chi connectivity index (χ0n) is 11.6. The Morgan fingerprint density at radius 3 is 2.68 bits per heavy atom. The fourth-order valence-electron chi connectivity index (χ4n) is 3.36. The summed E-state index contributed by atoms with van der Waals surface area (Å²) in [7, 11) is 0. The number of carboxylic acids is 1. The average Bonchev–Trinajstić information content (AvgIpc) is 2.43. The summed E-state index contributed by atoms with van der Waals surface area (Å²) in [4.78, 5) is 25.0. The number of amides is 1. The van der Waals surface area contributed by atoms with Crippen LogP contribution in [0.5, 0.6) is 0 Å². The van der Waals surface area contributed by atoms with Gasteiger partial charge in [-0.05, 0) is 38.5 Å². The molecule has 5 nitrogen and oxygen atoms in total. The second-order valence-corrected chi connectivity index (χ2v) is 5.78. The average molecular weight is 268 g/mol. The van der Waals surface area contributed by atoms with Crippen molar-refractivity contribution in [3.05, 3.63) is 0 Å². The number of piperidine rings is 1. The van der Waals surface area contributed by atoms with Gasteiger partial charge in [-0.1, -0.05) is 12.8 Å². The van der Waals surface area contributed by atoms with Crippen molar-refractivity contribution in [3.63, 3.8) is 0 Å². The summed E-state index contributed by atoms with van der Waals surface area (Å²) in [6.07, 6.45) is 7.19. The van der Waals surface area contributed by atoms with Crippen LogP contribution in [0.4, 0.5) is 0 Å². The highest BCUT2D eigenvalue weighted by molar-refractivity contribution is 5.80. The van der Waals surface area contributed by atoms with Crippen LogP contribution in [0.2, 0.25) is 0 Å². The first kappa shape index (κ1) is 14.3. The highest BCUT2D eigenvalue weighted by atomic mass is 16.4. The molecule has 1 saturated heterocycles. The Balaban J connectivity index is 1.88. The van der Waals surface area contributed by atoms with Crippen LogP contribution < -0.4 is 5.32 Å². The number of rotatable bonds is 4. The summed E-state index contributed by atoms with van der Waals surface area (Å²) in [5.41, 5.74) is 0. The molecule has 0 radical (unpaired) electrons. The Morgan fingerprint density at radius 2 is 1.95 bits per heavy atom. The number of nitrogens with one attached hydrogen (secondary N) is 1. The summed E-state index contributed by atoms with van der Waals surface area (Å²) < 4.78 is 0. The number of likely N-dealkylation sites (tertiary alicyclic amines) is 1. The van der Waals surface area contributed by atoms with Crippen molar-refractivity contribution in [3.8, 4) is 0 Å². The molecule has 0 bridgehead atoms. The first-order chi connectivity index (χ1) is 9.09. The van der Waals surface area contributed by atoms with E-state index in [1.807, 2.05) is 4.90 Å². The van der Waals surface area contributed by atoms with Crippen LogP contribution in [0.1, 0.15) is 45.4 Å². The second-order valence-electron chi connectivity index (χ2n) is 5.78. The highest BCUT2D eigenvalue weighted by Gasteiger charge is 2.35. The van der Waals surface area contributed by atoms with Crippen LogP contribution >= 0.6 is 0 Å². The lowest BCUT2D eigenvalue weighted by molar-refractivity contribution is -0.140. The standard InChI is InChI=1S/C14H24N2O3/c1-10(14(18)19)15-9-13(17)16-8-4-6-11-5-2-3-7-12(11)16/h10-12,15H,2-9H2,1H3,(H,18,19). The summed E-state index contributed by atoms with van der Waals surface area (Å²) in [5, 5.41) is 11.6. The maximum absolute atomic E-state index is 12.3. The maximum Gasteiger partial charge on any atom is 0.320 e. The lowest BCUT2D eigenvalue weighted by atomic mass is 9.78. The molecule has 2 N–H and O–H groups in total. The number of hydrogen-bond acceptors (Lipinski definition) is 3. The molecule has 1 amide bonds.